The van der Waals surface area contributed by atoms with Gasteiger partial charge < -0.3 is 10.2 Å². The highest BCUT2D eigenvalue weighted by Crippen LogP contribution is 2.45. The molecule has 0 saturated carbocycles. The van der Waals surface area contributed by atoms with E-state index in [2.05, 4.69) is 30.3 Å². The van der Waals surface area contributed by atoms with Gasteiger partial charge >= 0.3 is 6.03 Å². The van der Waals surface area contributed by atoms with Crippen LogP contribution in [0.4, 0.5) is 20.6 Å². The maximum atomic E-state index is 13.9. The Bertz CT molecular complexity index is 822. The Kier molecular flexibility index (Phi) is 3.96. The third-order valence-corrected chi connectivity index (χ3v) is 5.29. The van der Waals surface area contributed by atoms with Gasteiger partial charge in [-0.05, 0) is 50.7 Å². The normalized spacial score (nSPS) is 22.4. The van der Waals surface area contributed by atoms with Crippen LogP contribution in [0, 0.1) is 12.7 Å². The van der Waals surface area contributed by atoms with Crippen molar-refractivity contribution in [2.45, 2.75) is 25.3 Å². The second-order valence-electron chi connectivity index (χ2n) is 7.07. The van der Waals surface area contributed by atoms with Crippen molar-refractivity contribution in [3.63, 3.8) is 0 Å². The van der Waals surface area contributed by atoms with E-state index < -0.39 is 5.82 Å². The van der Waals surface area contributed by atoms with Crippen molar-refractivity contribution in [3.8, 4) is 0 Å². The number of hydrogen-bond donors (Lipinski definition) is 1. The number of benzene rings is 2. The molecule has 2 aliphatic rings. The molecular formula is C20H22FN3O. The van der Waals surface area contributed by atoms with Crippen molar-refractivity contribution in [1.82, 2.24) is 4.90 Å². The lowest BCUT2D eigenvalue weighted by molar-refractivity contribution is 0.224. The number of likely N-dealkylation sites (N-methyl/N-ethyl adjacent to an activating group) is 1. The summed E-state index contributed by atoms with van der Waals surface area (Å²) in [7, 11) is 2.12. The number of nitrogens with one attached hydrogen (secondary N) is 1. The van der Waals surface area contributed by atoms with Crippen LogP contribution >= 0.6 is 0 Å². The molecule has 0 radical (unpaired) electrons. The van der Waals surface area contributed by atoms with E-state index in [0.29, 0.717) is 5.92 Å². The number of halogens is 1. The number of carbonyl (C=O) groups is 1. The van der Waals surface area contributed by atoms with Crippen LogP contribution in [0.3, 0.4) is 0 Å². The first-order valence-electron chi connectivity index (χ1n) is 8.68. The molecule has 0 aliphatic carbocycles. The summed E-state index contributed by atoms with van der Waals surface area (Å²) in [6, 6.07) is 12.4. The van der Waals surface area contributed by atoms with Gasteiger partial charge in [0.05, 0.1) is 5.69 Å². The molecule has 25 heavy (non-hydrogen) atoms. The summed E-state index contributed by atoms with van der Waals surface area (Å²) in [6.07, 6.45) is 0.916. The van der Waals surface area contributed by atoms with Crippen LogP contribution in [0.15, 0.2) is 42.5 Å². The molecule has 1 N–H and O–H groups in total. The largest absolute Gasteiger partial charge is 0.326 e. The molecule has 1 fully saturated rings. The molecular weight excluding hydrogens is 317 g/mol. The van der Waals surface area contributed by atoms with E-state index in [1.54, 1.807) is 18.2 Å². The Morgan fingerprint density at radius 3 is 2.84 bits per heavy atom. The topological polar surface area (TPSA) is 35.6 Å². The van der Waals surface area contributed by atoms with E-state index >= 15 is 0 Å². The molecule has 2 heterocycles. The van der Waals surface area contributed by atoms with Gasteiger partial charge in [0.25, 0.3) is 0 Å². The fourth-order valence-corrected chi connectivity index (χ4v) is 4.08. The third-order valence-electron chi connectivity index (χ3n) is 5.29. The predicted molar refractivity (Wildman–Crippen MR) is 97.7 cm³/mol. The summed E-state index contributed by atoms with van der Waals surface area (Å²) in [5, 5.41) is 2.75. The molecule has 0 spiro atoms. The highest BCUT2D eigenvalue weighted by atomic mass is 19.1. The zero-order valence-corrected chi connectivity index (χ0v) is 14.5. The van der Waals surface area contributed by atoms with Crippen LogP contribution in [0.5, 0.6) is 0 Å². The van der Waals surface area contributed by atoms with Crippen molar-refractivity contribution in [2.75, 3.05) is 30.4 Å². The lowest BCUT2D eigenvalue weighted by Gasteiger charge is -2.36. The zero-order valence-electron chi connectivity index (χ0n) is 14.5. The molecule has 0 bridgehead atoms. The number of hydrogen-bond acceptors (Lipinski definition) is 2. The quantitative estimate of drug-likeness (QED) is 0.853. The average Bonchev–Trinajstić information content (AvgIpc) is 2.90. The number of para-hydroxylation sites is 1. The number of amides is 2. The first-order valence-corrected chi connectivity index (χ1v) is 8.68. The summed E-state index contributed by atoms with van der Waals surface area (Å²) >= 11 is 0. The molecule has 5 heteroatoms. The summed E-state index contributed by atoms with van der Waals surface area (Å²) < 4.78 is 13.9. The Morgan fingerprint density at radius 1 is 1.24 bits per heavy atom. The van der Waals surface area contributed by atoms with E-state index in [1.165, 1.54) is 17.2 Å². The van der Waals surface area contributed by atoms with Gasteiger partial charge in [-0.1, -0.05) is 29.8 Å². The van der Waals surface area contributed by atoms with Gasteiger partial charge in [0.2, 0.25) is 0 Å². The van der Waals surface area contributed by atoms with Crippen LogP contribution < -0.4 is 10.2 Å². The SMILES string of the molecule is Cc1ccc2c(c1)[C@H]1CN(C)CC[C@@H]1N2C(=O)Nc1ccccc1F. The first-order chi connectivity index (χ1) is 12.0. The number of carbonyl (C=O) groups excluding carboxylic acids is 1. The Balaban J connectivity index is 1.69. The molecule has 4 nitrogen and oxygen atoms in total. The van der Waals surface area contributed by atoms with Crippen molar-refractivity contribution < 1.29 is 9.18 Å². The van der Waals surface area contributed by atoms with E-state index in [-0.39, 0.29) is 17.8 Å². The minimum atomic E-state index is -0.417. The zero-order chi connectivity index (χ0) is 17.6. The number of urea groups is 1. The van der Waals surface area contributed by atoms with Crippen molar-refractivity contribution >= 4 is 17.4 Å². The van der Waals surface area contributed by atoms with E-state index in [0.717, 1.165) is 25.2 Å². The lowest BCUT2D eigenvalue weighted by Crippen LogP contribution is -2.48. The smallest absolute Gasteiger partial charge is 0.306 e. The molecule has 2 aliphatic heterocycles. The van der Waals surface area contributed by atoms with Crippen LogP contribution in [0.1, 0.15) is 23.5 Å². The van der Waals surface area contributed by atoms with Gasteiger partial charge in [-0.3, -0.25) is 4.90 Å². The van der Waals surface area contributed by atoms with Gasteiger partial charge in [-0.15, -0.1) is 0 Å². The third kappa shape index (κ3) is 2.78. The number of piperidine rings is 1. The number of fused-ring (bicyclic) bond motifs is 3. The molecule has 1 saturated heterocycles. The minimum Gasteiger partial charge on any atom is -0.306 e. The monoisotopic (exact) mass is 339 g/mol. The van der Waals surface area contributed by atoms with Crippen molar-refractivity contribution in [2.24, 2.45) is 0 Å². The van der Waals surface area contributed by atoms with E-state index in [4.69, 9.17) is 0 Å². The summed E-state index contributed by atoms with van der Waals surface area (Å²) in [6.45, 7) is 3.96. The second kappa shape index (κ2) is 6.15. The molecule has 2 aromatic carbocycles. The number of likely N-dealkylation sites (tertiary alicyclic amines) is 1. The van der Waals surface area contributed by atoms with E-state index in [1.807, 2.05) is 17.0 Å². The van der Waals surface area contributed by atoms with Gasteiger partial charge in [0, 0.05) is 24.2 Å². The second-order valence-corrected chi connectivity index (χ2v) is 7.07. The number of anilines is 2. The van der Waals surface area contributed by atoms with Crippen LogP contribution in [-0.4, -0.2) is 37.1 Å². The fraction of sp³-hybridized carbons (Fsp3) is 0.350. The summed E-state index contributed by atoms with van der Waals surface area (Å²) in [4.78, 5) is 17.1. The molecule has 4 rings (SSSR count). The fourth-order valence-electron chi connectivity index (χ4n) is 4.08. The standard InChI is InChI=1S/C20H22FN3O/c1-13-7-8-18-14(11-13)15-12-23(2)10-9-19(15)24(18)20(25)22-17-6-4-3-5-16(17)21/h3-8,11,15,19H,9-10,12H2,1-2H3,(H,22,25)/t15-,19+/m1/s1. The Hall–Kier alpha value is -2.40. The van der Waals surface area contributed by atoms with Crippen LogP contribution in [-0.2, 0) is 0 Å². The molecule has 0 unspecified atom stereocenters. The highest BCUT2D eigenvalue weighted by Gasteiger charge is 2.44. The van der Waals surface area contributed by atoms with Gasteiger partial charge in [0.1, 0.15) is 5.82 Å². The maximum absolute atomic E-state index is 13.9. The summed E-state index contributed by atoms with van der Waals surface area (Å²) in [5.74, 6) is -0.112. The maximum Gasteiger partial charge on any atom is 0.326 e. The minimum absolute atomic E-state index is 0.125. The molecule has 130 valence electrons. The van der Waals surface area contributed by atoms with Crippen molar-refractivity contribution in [3.05, 3.63) is 59.4 Å². The van der Waals surface area contributed by atoms with Gasteiger partial charge in [-0.25, -0.2) is 9.18 Å². The highest BCUT2D eigenvalue weighted by molar-refractivity contribution is 6.04. The Labute approximate surface area is 147 Å². The molecule has 2 atom stereocenters. The first kappa shape index (κ1) is 16.1. The Morgan fingerprint density at radius 2 is 2.04 bits per heavy atom. The molecule has 2 amide bonds. The molecule has 2 aromatic rings. The van der Waals surface area contributed by atoms with Crippen LogP contribution in [0.25, 0.3) is 0 Å². The van der Waals surface area contributed by atoms with Gasteiger partial charge in [0.15, 0.2) is 0 Å². The van der Waals surface area contributed by atoms with Crippen molar-refractivity contribution in [1.29, 1.82) is 0 Å². The average molecular weight is 339 g/mol. The lowest BCUT2D eigenvalue weighted by atomic mass is 9.89. The molecule has 0 aromatic heterocycles. The van der Waals surface area contributed by atoms with Gasteiger partial charge in [-0.2, -0.15) is 0 Å². The number of nitrogens with zero attached hydrogens (tertiary/aromatic N) is 2. The summed E-state index contributed by atoms with van der Waals surface area (Å²) in [5.41, 5.74) is 3.59. The number of aryl methyl sites for hydroxylation is 1. The van der Waals surface area contributed by atoms with Crippen LogP contribution in [0.2, 0.25) is 0 Å². The number of rotatable bonds is 1. The van der Waals surface area contributed by atoms with E-state index in [9.17, 15) is 9.18 Å². The predicted octanol–water partition coefficient (Wildman–Crippen LogP) is 3.97.